The molecule has 8 heteroatoms. The molecule has 6 nitrogen and oxygen atoms in total. The summed E-state index contributed by atoms with van der Waals surface area (Å²) in [6.07, 6.45) is 7.21. The smallest absolute Gasteiger partial charge is 0.221 e. The molecule has 3 N–H and O–H groups in total. The molecule has 0 aromatic carbocycles. The third-order valence-corrected chi connectivity index (χ3v) is 2.60. The van der Waals surface area contributed by atoms with Crippen LogP contribution < -0.4 is 11.1 Å². The van der Waals surface area contributed by atoms with Gasteiger partial charge < -0.3 is 11.1 Å². The summed E-state index contributed by atoms with van der Waals surface area (Å²) in [4.78, 5) is 19.9. The van der Waals surface area contributed by atoms with Gasteiger partial charge >= 0.3 is 0 Å². The van der Waals surface area contributed by atoms with Crippen LogP contribution in [0.4, 0.5) is 0 Å². The highest BCUT2D eigenvalue weighted by Gasteiger charge is 2.08. The lowest BCUT2D eigenvalue weighted by Gasteiger charge is -2.11. The van der Waals surface area contributed by atoms with E-state index < -0.39 is 0 Å². The molecule has 21 heavy (non-hydrogen) atoms. The first kappa shape index (κ1) is 19.4. The molecule has 0 aliphatic heterocycles. The maximum absolute atomic E-state index is 11.6. The summed E-state index contributed by atoms with van der Waals surface area (Å²) >= 11 is 0. The van der Waals surface area contributed by atoms with E-state index >= 15 is 0 Å². The van der Waals surface area contributed by atoms with Gasteiger partial charge in [-0.2, -0.15) is 0 Å². The number of hydrogen-bond acceptors (Lipinski definition) is 4. The molecule has 0 saturated carbocycles. The van der Waals surface area contributed by atoms with Gasteiger partial charge in [0.25, 0.3) is 0 Å². The minimum Gasteiger partial charge on any atom is -0.352 e. The van der Waals surface area contributed by atoms with Gasteiger partial charge in [-0.1, -0.05) is 6.07 Å². The summed E-state index contributed by atoms with van der Waals surface area (Å²) in [7, 11) is 0. The largest absolute Gasteiger partial charge is 0.352 e. The van der Waals surface area contributed by atoms with Crippen molar-refractivity contribution in [2.24, 2.45) is 5.73 Å². The molecule has 2 aromatic rings. The Balaban J connectivity index is 0.00000200. The van der Waals surface area contributed by atoms with Crippen LogP contribution in [-0.2, 0) is 11.3 Å². The van der Waals surface area contributed by atoms with Crippen molar-refractivity contribution in [3.63, 3.8) is 0 Å². The predicted octanol–water partition coefficient (Wildman–Crippen LogP) is 1.46. The Bertz CT molecular complexity index is 545. The zero-order valence-corrected chi connectivity index (χ0v) is 13.2. The SMILES string of the molecule is CC(N)CC(=O)NCc1cccnc1-n1ccnc1.Cl.Cl. The lowest BCUT2D eigenvalue weighted by Crippen LogP contribution is -2.29. The number of halogens is 2. The van der Waals surface area contributed by atoms with Crippen molar-refractivity contribution >= 4 is 30.7 Å². The molecule has 1 unspecified atom stereocenters. The molecule has 1 amide bonds. The Labute approximate surface area is 136 Å². The molecular formula is C13H19Cl2N5O. The Kier molecular flexibility index (Phi) is 8.61. The quantitative estimate of drug-likeness (QED) is 0.868. The number of amides is 1. The highest BCUT2D eigenvalue weighted by molar-refractivity contribution is 5.85. The predicted molar refractivity (Wildman–Crippen MR) is 86.0 cm³/mol. The van der Waals surface area contributed by atoms with Crippen molar-refractivity contribution in [2.75, 3.05) is 0 Å². The second kappa shape index (κ2) is 9.33. The molecule has 0 spiro atoms. The van der Waals surface area contributed by atoms with Crippen LogP contribution in [0.25, 0.3) is 5.82 Å². The third kappa shape index (κ3) is 5.71. The van der Waals surface area contributed by atoms with Gasteiger partial charge in [0.2, 0.25) is 5.91 Å². The highest BCUT2D eigenvalue weighted by Crippen LogP contribution is 2.10. The Morgan fingerprint density at radius 2 is 2.19 bits per heavy atom. The van der Waals surface area contributed by atoms with Crippen LogP contribution in [0.5, 0.6) is 0 Å². The monoisotopic (exact) mass is 331 g/mol. The van der Waals surface area contributed by atoms with Crippen molar-refractivity contribution in [3.8, 4) is 5.82 Å². The van der Waals surface area contributed by atoms with Gasteiger partial charge in [0.15, 0.2) is 0 Å². The number of carbonyl (C=O) groups is 1. The lowest BCUT2D eigenvalue weighted by atomic mass is 10.2. The number of rotatable bonds is 5. The van der Waals surface area contributed by atoms with Crippen molar-refractivity contribution in [1.29, 1.82) is 0 Å². The Morgan fingerprint density at radius 1 is 1.43 bits per heavy atom. The van der Waals surface area contributed by atoms with Gasteiger partial charge in [0.05, 0.1) is 0 Å². The lowest BCUT2D eigenvalue weighted by molar-refractivity contribution is -0.121. The number of carbonyl (C=O) groups excluding carboxylic acids is 1. The minimum absolute atomic E-state index is 0. The van der Waals surface area contributed by atoms with Gasteiger partial charge in [0, 0.05) is 43.2 Å². The van der Waals surface area contributed by atoms with Crippen molar-refractivity contribution in [3.05, 3.63) is 42.6 Å². The molecule has 2 aromatic heterocycles. The fraction of sp³-hybridized carbons (Fsp3) is 0.308. The number of nitrogens with zero attached hydrogens (tertiary/aromatic N) is 3. The van der Waals surface area contributed by atoms with Crippen LogP contribution in [0.15, 0.2) is 37.1 Å². The van der Waals surface area contributed by atoms with Crippen LogP contribution >= 0.6 is 24.8 Å². The summed E-state index contributed by atoms with van der Waals surface area (Å²) < 4.78 is 1.81. The molecule has 0 fully saturated rings. The van der Waals surface area contributed by atoms with Crippen LogP contribution in [0.2, 0.25) is 0 Å². The standard InChI is InChI=1S/C13H17N5O.2ClH/c1-10(14)7-12(19)17-8-11-3-2-4-16-13(11)18-6-5-15-9-18;;/h2-6,9-10H,7-8,14H2,1H3,(H,17,19);2*1H. The van der Waals surface area contributed by atoms with E-state index in [9.17, 15) is 4.79 Å². The fourth-order valence-corrected chi connectivity index (χ4v) is 1.74. The van der Waals surface area contributed by atoms with E-state index in [4.69, 9.17) is 5.73 Å². The van der Waals surface area contributed by atoms with Crippen LogP contribution in [-0.4, -0.2) is 26.5 Å². The fourth-order valence-electron chi connectivity index (χ4n) is 1.74. The average Bonchev–Trinajstić information content (AvgIpc) is 2.89. The van der Waals surface area contributed by atoms with Crippen molar-refractivity contribution in [2.45, 2.75) is 25.9 Å². The number of pyridine rings is 1. The molecule has 2 rings (SSSR count). The van der Waals surface area contributed by atoms with Crippen molar-refractivity contribution < 1.29 is 4.79 Å². The first-order valence-electron chi connectivity index (χ1n) is 6.11. The number of nitrogens with one attached hydrogen (secondary N) is 1. The molecule has 2 heterocycles. The molecule has 0 bridgehead atoms. The van der Waals surface area contributed by atoms with E-state index in [1.165, 1.54) is 0 Å². The van der Waals surface area contributed by atoms with Gasteiger partial charge in [-0.05, 0) is 13.0 Å². The van der Waals surface area contributed by atoms with E-state index in [-0.39, 0.29) is 36.8 Å². The number of aromatic nitrogens is 3. The zero-order valence-electron chi connectivity index (χ0n) is 11.6. The highest BCUT2D eigenvalue weighted by atomic mass is 35.5. The van der Waals surface area contributed by atoms with Crippen molar-refractivity contribution in [1.82, 2.24) is 19.9 Å². The maximum atomic E-state index is 11.6. The zero-order chi connectivity index (χ0) is 13.7. The minimum atomic E-state index is -0.137. The third-order valence-electron chi connectivity index (χ3n) is 2.60. The topological polar surface area (TPSA) is 85.8 Å². The van der Waals surface area contributed by atoms with E-state index in [1.807, 2.05) is 22.9 Å². The summed E-state index contributed by atoms with van der Waals surface area (Å²) in [5.74, 6) is 0.705. The molecule has 0 saturated heterocycles. The average molecular weight is 332 g/mol. The Hall–Kier alpha value is -1.63. The molecule has 0 radical (unpaired) electrons. The van der Waals surface area contributed by atoms with E-state index in [0.29, 0.717) is 13.0 Å². The van der Waals surface area contributed by atoms with Gasteiger partial charge in [0.1, 0.15) is 12.1 Å². The normalized spacial score (nSPS) is 11.0. The molecule has 0 aliphatic rings. The van der Waals surface area contributed by atoms with Gasteiger partial charge in [-0.3, -0.25) is 9.36 Å². The molecular weight excluding hydrogens is 313 g/mol. The molecule has 116 valence electrons. The summed E-state index contributed by atoms with van der Waals surface area (Å²) in [5.41, 5.74) is 6.51. The molecule has 0 aliphatic carbocycles. The van der Waals surface area contributed by atoms with E-state index in [0.717, 1.165) is 11.4 Å². The Morgan fingerprint density at radius 3 is 2.81 bits per heavy atom. The second-order valence-corrected chi connectivity index (χ2v) is 4.41. The first-order valence-corrected chi connectivity index (χ1v) is 6.11. The summed E-state index contributed by atoms with van der Waals surface area (Å²) in [5, 5.41) is 2.84. The first-order chi connectivity index (χ1) is 9.16. The van der Waals surface area contributed by atoms with E-state index in [1.54, 1.807) is 25.6 Å². The number of hydrogen-bond donors (Lipinski definition) is 2. The van der Waals surface area contributed by atoms with Gasteiger partial charge in [-0.15, -0.1) is 24.8 Å². The number of imidazole rings is 1. The summed E-state index contributed by atoms with van der Waals surface area (Å²) in [6.45, 7) is 2.23. The van der Waals surface area contributed by atoms with Crippen LogP contribution in [0.1, 0.15) is 18.9 Å². The molecule has 1 atom stereocenters. The second-order valence-electron chi connectivity index (χ2n) is 4.41. The number of nitrogens with two attached hydrogens (primary N) is 1. The van der Waals surface area contributed by atoms with Gasteiger partial charge in [-0.25, -0.2) is 9.97 Å². The van der Waals surface area contributed by atoms with E-state index in [2.05, 4.69) is 15.3 Å². The maximum Gasteiger partial charge on any atom is 0.221 e. The summed E-state index contributed by atoms with van der Waals surface area (Å²) in [6, 6.07) is 3.63. The van der Waals surface area contributed by atoms with Crippen LogP contribution in [0.3, 0.4) is 0 Å². The van der Waals surface area contributed by atoms with Crippen LogP contribution in [0, 0.1) is 0 Å².